The summed E-state index contributed by atoms with van der Waals surface area (Å²) in [5, 5.41) is 14.4. The van der Waals surface area contributed by atoms with E-state index in [9.17, 15) is 9.59 Å². The number of amides is 1. The van der Waals surface area contributed by atoms with Gasteiger partial charge in [-0.1, -0.05) is 35.9 Å². The number of rotatable bonds is 8. The Balaban J connectivity index is 1.74. The number of carbonyl (C=O) groups is 2. The predicted octanol–water partition coefficient (Wildman–Crippen LogP) is 3.49. The van der Waals surface area contributed by atoms with E-state index in [0.29, 0.717) is 12.3 Å². The highest BCUT2D eigenvalue weighted by molar-refractivity contribution is 5.99. The van der Waals surface area contributed by atoms with Crippen LogP contribution >= 0.6 is 0 Å². The van der Waals surface area contributed by atoms with Crippen LogP contribution in [0.2, 0.25) is 0 Å². The van der Waals surface area contributed by atoms with Crippen LogP contribution in [-0.4, -0.2) is 35.6 Å². The largest absolute Gasteiger partial charge is 0.496 e. The number of carboxylic acids is 1. The monoisotopic (exact) mass is 405 g/mol. The van der Waals surface area contributed by atoms with Gasteiger partial charge in [-0.15, -0.1) is 0 Å². The van der Waals surface area contributed by atoms with Crippen molar-refractivity contribution in [3.05, 3.63) is 77.5 Å². The van der Waals surface area contributed by atoms with E-state index in [0.717, 1.165) is 16.9 Å². The summed E-state index contributed by atoms with van der Waals surface area (Å²) in [6, 6.07) is 17.2. The van der Waals surface area contributed by atoms with Crippen LogP contribution in [-0.2, 0) is 11.3 Å². The summed E-state index contributed by atoms with van der Waals surface area (Å²) >= 11 is 0. The number of methoxy groups -OCH3 is 1. The van der Waals surface area contributed by atoms with Gasteiger partial charge in [-0.05, 0) is 42.3 Å². The summed E-state index contributed by atoms with van der Waals surface area (Å²) in [4.78, 5) is 27.5. The van der Waals surface area contributed by atoms with Crippen LogP contribution in [0.4, 0.5) is 5.82 Å². The molecule has 3 N–H and O–H groups in total. The van der Waals surface area contributed by atoms with Crippen LogP contribution in [0.15, 0.2) is 60.8 Å². The van der Waals surface area contributed by atoms with Gasteiger partial charge in [-0.3, -0.25) is 9.59 Å². The Labute approximate surface area is 174 Å². The number of nitrogens with zero attached hydrogens (tertiary/aromatic N) is 1. The lowest BCUT2D eigenvalue weighted by Crippen LogP contribution is -2.29. The van der Waals surface area contributed by atoms with Gasteiger partial charge in [-0.25, -0.2) is 4.98 Å². The molecule has 1 heterocycles. The molecule has 30 heavy (non-hydrogen) atoms. The molecule has 7 heteroatoms. The molecule has 0 aliphatic rings. The molecule has 0 atom stereocenters. The first-order chi connectivity index (χ1) is 14.5. The Hall–Kier alpha value is -3.87. The third-order valence-electron chi connectivity index (χ3n) is 4.50. The minimum absolute atomic E-state index is 0.262. The van der Waals surface area contributed by atoms with Crippen LogP contribution in [0.1, 0.15) is 21.5 Å². The molecule has 1 aromatic heterocycles. The van der Waals surface area contributed by atoms with Crippen molar-refractivity contribution in [2.45, 2.75) is 13.5 Å². The number of anilines is 1. The SMILES string of the molecule is COc1ccc(-c2ccc(NCc3cccc(C)c3)nc2)cc1C(=O)NCC(=O)O. The third kappa shape index (κ3) is 5.35. The second-order valence-electron chi connectivity index (χ2n) is 6.77. The number of aryl methyl sites for hydroxylation is 1. The minimum Gasteiger partial charge on any atom is -0.496 e. The number of carboxylic acid groups (broad SMARTS) is 1. The van der Waals surface area contributed by atoms with Crippen molar-refractivity contribution in [3.63, 3.8) is 0 Å². The van der Waals surface area contributed by atoms with Crippen LogP contribution in [0.25, 0.3) is 11.1 Å². The van der Waals surface area contributed by atoms with Crippen LogP contribution in [0.3, 0.4) is 0 Å². The first-order valence-corrected chi connectivity index (χ1v) is 9.40. The summed E-state index contributed by atoms with van der Waals surface area (Å²) < 4.78 is 5.23. The topological polar surface area (TPSA) is 101 Å². The molecule has 1 amide bonds. The summed E-state index contributed by atoms with van der Waals surface area (Å²) in [5.41, 5.74) is 4.24. The fourth-order valence-electron chi connectivity index (χ4n) is 3.00. The molecule has 0 bridgehead atoms. The smallest absolute Gasteiger partial charge is 0.322 e. The highest BCUT2D eigenvalue weighted by Gasteiger charge is 2.15. The number of aromatic nitrogens is 1. The number of pyridine rings is 1. The van der Waals surface area contributed by atoms with Crippen molar-refractivity contribution in [1.82, 2.24) is 10.3 Å². The van der Waals surface area contributed by atoms with E-state index >= 15 is 0 Å². The van der Waals surface area contributed by atoms with E-state index in [1.165, 1.54) is 18.2 Å². The third-order valence-corrected chi connectivity index (χ3v) is 4.50. The van der Waals surface area contributed by atoms with Gasteiger partial charge in [0.1, 0.15) is 18.1 Å². The minimum atomic E-state index is -1.11. The number of hydrogen-bond donors (Lipinski definition) is 3. The average Bonchev–Trinajstić information content (AvgIpc) is 2.76. The Morgan fingerprint density at radius 1 is 1.07 bits per heavy atom. The Morgan fingerprint density at radius 2 is 1.87 bits per heavy atom. The molecule has 3 rings (SSSR count). The Kier molecular flexibility index (Phi) is 6.64. The first-order valence-electron chi connectivity index (χ1n) is 9.40. The van der Waals surface area contributed by atoms with Crippen LogP contribution in [0, 0.1) is 6.92 Å². The van der Waals surface area contributed by atoms with E-state index in [1.807, 2.05) is 24.3 Å². The number of ether oxygens (including phenoxy) is 1. The molecular formula is C23H23N3O4. The summed E-state index contributed by atoms with van der Waals surface area (Å²) in [5.74, 6) is -0.517. The maximum absolute atomic E-state index is 12.3. The van der Waals surface area contributed by atoms with Crippen molar-refractivity contribution in [1.29, 1.82) is 0 Å². The predicted molar refractivity (Wildman–Crippen MR) is 115 cm³/mol. The highest BCUT2D eigenvalue weighted by Crippen LogP contribution is 2.27. The number of carbonyl (C=O) groups excluding carboxylic acids is 1. The zero-order valence-corrected chi connectivity index (χ0v) is 16.8. The van der Waals surface area contributed by atoms with E-state index in [-0.39, 0.29) is 5.56 Å². The van der Waals surface area contributed by atoms with Crippen molar-refractivity contribution < 1.29 is 19.4 Å². The van der Waals surface area contributed by atoms with Gasteiger partial charge in [-0.2, -0.15) is 0 Å². The summed E-state index contributed by atoms with van der Waals surface area (Å²) in [7, 11) is 1.46. The fraction of sp³-hybridized carbons (Fsp3) is 0.174. The van der Waals surface area contributed by atoms with Gasteiger partial charge in [0.15, 0.2) is 0 Å². The molecule has 0 spiro atoms. The molecule has 0 saturated carbocycles. The van der Waals surface area contributed by atoms with Gasteiger partial charge < -0.3 is 20.5 Å². The van der Waals surface area contributed by atoms with Crippen LogP contribution < -0.4 is 15.4 Å². The molecule has 0 aliphatic heterocycles. The molecule has 0 unspecified atom stereocenters. The van der Waals surface area contributed by atoms with Crippen molar-refractivity contribution in [3.8, 4) is 16.9 Å². The van der Waals surface area contributed by atoms with E-state index < -0.39 is 18.4 Å². The zero-order chi connectivity index (χ0) is 21.5. The molecule has 0 aliphatic carbocycles. The molecule has 0 radical (unpaired) electrons. The number of nitrogens with one attached hydrogen (secondary N) is 2. The lowest BCUT2D eigenvalue weighted by Gasteiger charge is -2.11. The Morgan fingerprint density at radius 3 is 2.53 bits per heavy atom. The molecule has 0 fully saturated rings. The number of hydrogen-bond acceptors (Lipinski definition) is 5. The van der Waals surface area contributed by atoms with E-state index in [4.69, 9.17) is 9.84 Å². The highest BCUT2D eigenvalue weighted by atomic mass is 16.5. The standard InChI is InChI=1S/C23H23N3O4/c1-15-4-3-5-16(10-15)12-24-21-9-7-18(13-25-21)17-6-8-20(30-2)19(11-17)23(29)26-14-22(27)28/h3-11,13H,12,14H2,1-2H3,(H,24,25)(H,26,29)(H,27,28). The summed E-state index contributed by atoms with van der Waals surface area (Å²) in [6.45, 7) is 2.27. The Bertz CT molecular complexity index is 1050. The van der Waals surface area contributed by atoms with Gasteiger partial charge in [0.05, 0.1) is 12.7 Å². The number of aliphatic carboxylic acids is 1. The molecule has 0 saturated heterocycles. The van der Waals surface area contributed by atoms with Gasteiger partial charge in [0, 0.05) is 18.3 Å². The van der Waals surface area contributed by atoms with Crippen molar-refractivity contribution >= 4 is 17.7 Å². The lowest BCUT2D eigenvalue weighted by molar-refractivity contribution is -0.135. The van der Waals surface area contributed by atoms with E-state index in [1.54, 1.807) is 18.3 Å². The molecular weight excluding hydrogens is 382 g/mol. The maximum Gasteiger partial charge on any atom is 0.322 e. The second kappa shape index (κ2) is 9.56. The van der Waals surface area contributed by atoms with Gasteiger partial charge >= 0.3 is 5.97 Å². The zero-order valence-electron chi connectivity index (χ0n) is 16.8. The average molecular weight is 405 g/mol. The van der Waals surface area contributed by atoms with Crippen molar-refractivity contribution in [2.24, 2.45) is 0 Å². The fourth-order valence-corrected chi connectivity index (χ4v) is 3.00. The molecule has 7 nitrogen and oxygen atoms in total. The summed E-state index contributed by atoms with van der Waals surface area (Å²) in [6.07, 6.45) is 1.72. The van der Waals surface area contributed by atoms with E-state index in [2.05, 4.69) is 40.7 Å². The molecule has 154 valence electrons. The molecule has 2 aromatic carbocycles. The lowest BCUT2D eigenvalue weighted by atomic mass is 10.0. The normalized spacial score (nSPS) is 10.3. The van der Waals surface area contributed by atoms with Gasteiger partial charge in [0.25, 0.3) is 5.91 Å². The first kappa shape index (κ1) is 20.9. The maximum atomic E-state index is 12.3. The van der Waals surface area contributed by atoms with Crippen molar-refractivity contribution in [2.75, 3.05) is 19.0 Å². The molecule has 3 aromatic rings. The van der Waals surface area contributed by atoms with Crippen LogP contribution in [0.5, 0.6) is 5.75 Å². The van der Waals surface area contributed by atoms with Gasteiger partial charge in [0.2, 0.25) is 0 Å². The quantitative estimate of drug-likeness (QED) is 0.530. The second-order valence-corrected chi connectivity index (χ2v) is 6.77. The number of benzene rings is 2.